The number of aromatic nitrogens is 1. The lowest BCUT2D eigenvalue weighted by Crippen LogP contribution is -2.37. The molecule has 1 saturated heterocycles. The highest BCUT2D eigenvalue weighted by atomic mass is 35.5. The molecule has 1 aromatic heterocycles. The topological polar surface area (TPSA) is 63.7 Å². The van der Waals surface area contributed by atoms with Gasteiger partial charge in [-0.05, 0) is 54.7 Å². The number of benzene rings is 1. The lowest BCUT2D eigenvalue weighted by Gasteiger charge is -2.20. The molecule has 2 aromatic rings. The highest BCUT2D eigenvalue weighted by Crippen LogP contribution is 2.45. The van der Waals surface area contributed by atoms with Gasteiger partial charge in [-0.2, -0.15) is 0 Å². The third-order valence-electron chi connectivity index (χ3n) is 5.37. The molecule has 2 heterocycles. The van der Waals surface area contributed by atoms with Gasteiger partial charge >= 0.3 is 0 Å². The maximum Gasteiger partial charge on any atom is 0.258 e. The molecule has 1 N–H and O–H groups in total. The highest BCUT2D eigenvalue weighted by Gasteiger charge is 2.56. The van der Waals surface area contributed by atoms with Crippen molar-refractivity contribution in [3.63, 3.8) is 0 Å². The summed E-state index contributed by atoms with van der Waals surface area (Å²) in [4.78, 5) is 18.5. The SMILES string of the molecule is O=C(COc1ccc(Cl)nc1)NC1C2CN(CCCOc3ccc(Cl)cc3)C[C@H]21. The number of nitrogens with one attached hydrogen (secondary N) is 1. The first-order valence-electron chi connectivity index (χ1n) is 9.73. The predicted octanol–water partition coefficient (Wildman–Crippen LogP) is 3.28. The van der Waals surface area contributed by atoms with Crippen molar-refractivity contribution < 1.29 is 14.3 Å². The average Bonchev–Trinajstić information content (AvgIpc) is 3.15. The van der Waals surface area contributed by atoms with E-state index in [1.807, 2.05) is 24.3 Å². The van der Waals surface area contributed by atoms with E-state index in [9.17, 15) is 4.79 Å². The number of pyridine rings is 1. The molecule has 2 aliphatic rings. The van der Waals surface area contributed by atoms with E-state index in [1.54, 1.807) is 12.1 Å². The zero-order valence-corrected chi connectivity index (χ0v) is 17.4. The zero-order chi connectivity index (χ0) is 20.2. The Morgan fingerprint density at radius 3 is 2.48 bits per heavy atom. The van der Waals surface area contributed by atoms with Crippen LogP contribution in [-0.2, 0) is 4.79 Å². The van der Waals surface area contributed by atoms with Crippen molar-refractivity contribution in [2.75, 3.05) is 32.8 Å². The lowest BCUT2D eigenvalue weighted by atomic mass is 10.3. The monoisotopic (exact) mass is 435 g/mol. The fourth-order valence-corrected chi connectivity index (χ4v) is 4.08. The first kappa shape index (κ1) is 20.3. The van der Waals surface area contributed by atoms with Crippen LogP contribution >= 0.6 is 23.2 Å². The number of ether oxygens (including phenoxy) is 2. The molecule has 0 bridgehead atoms. The quantitative estimate of drug-likeness (QED) is 0.483. The molecule has 1 aliphatic carbocycles. The molecular formula is C21H23Cl2N3O3. The van der Waals surface area contributed by atoms with Gasteiger partial charge in [0.1, 0.15) is 16.7 Å². The van der Waals surface area contributed by atoms with E-state index < -0.39 is 0 Å². The summed E-state index contributed by atoms with van der Waals surface area (Å²) in [5.74, 6) is 2.38. The minimum atomic E-state index is -0.0951. The molecular weight excluding hydrogens is 413 g/mol. The van der Waals surface area contributed by atoms with Crippen molar-refractivity contribution in [1.29, 1.82) is 0 Å². The molecule has 0 radical (unpaired) electrons. The van der Waals surface area contributed by atoms with Crippen molar-refractivity contribution in [1.82, 2.24) is 15.2 Å². The minimum Gasteiger partial charge on any atom is -0.494 e. The van der Waals surface area contributed by atoms with Gasteiger partial charge in [-0.3, -0.25) is 4.79 Å². The van der Waals surface area contributed by atoms with Gasteiger partial charge in [-0.25, -0.2) is 4.98 Å². The Morgan fingerprint density at radius 2 is 1.79 bits per heavy atom. The second-order valence-electron chi connectivity index (χ2n) is 7.44. The Labute approximate surface area is 180 Å². The number of rotatable bonds is 9. The van der Waals surface area contributed by atoms with Gasteiger partial charge in [0, 0.05) is 30.7 Å². The maximum atomic E-state index is 12.1. The van der Waals surface area contributed by atoms with Gasteiger partial charge in [-0.1, -0.05) is 23.2 Å². The molecule has 0 spiro atoms. The molecule has 1 saturated carbocycles. The third kappa shape index (κ3) is 5.53. The first-order chi connectivity index (χ1) is 14.1. The van der Waals surface area contributed by atoms with E-state index >= 15 is 0 Å². The molecule has 8 heteroatoms. The van der Waals surface area contributed by atoms with Crippen LogP contribution in [0.2, 0.25) is 10.2 Å². The number of piperidine rings is 1. The summed E-state index contributed by atoms with van der Waals surface area (Å²) in [6, 6.07) is 11.0. The summed E-state index contributed by atoms with van der Waals surface area (Å²) in [6.07, 6.45) is 2.48. The van der Waals surface area contributed by atoms with Crippen molar-refractivity contribution in [3.05, 3.63) is 52.8 Å². The maximum absolute atomic E-state index is 12.1. The average molecular weight is 436 g/mol. The van der Waals surface area contributed by atoms with Crippen molar-refractivity contribution in [2.24, 2.45) is 11.8 Å². The summed E-state index contributed by atoms with van der Waals surface area (Å²) in [7, 11) is 0. The summed E-state index contributed by atoms with van der Waals surface area (Å²) in [6.45, 7) is 3.74. The summed E-state index contributed by atoms with van der Waals surface area (Å²) >= 11 is 11.6. The van der Waals surface area contributed by atoms with Crippen LogP contribution < -0.4 is 14.8 Å². The zero-order valence-electron chi connectivity index (χ0n) is 15.9. The molecule has 4 rings (SSSR count). The Hall–Kier alpha value is -2.02. The Balaban J connectivity index is 1.08. The summed E-state index contributed by atoms with van der Waals surface area (Å²) in [5, 5.41) is 4.19. The molecule has 2 fully saturated rings. The highest BCUT2D eigenvalue weighted by molar-refractivity contribution is 6.30. The number of likely N-dealkylation sites (tertiary alicyclic amines) is 1. The normalized spacial score (nSPS) is 22.8. The van der Waals surface area contributed by atoms with Crippen LogP contribution in [0.25, 0.3) is 0 Å². The first-order valence-corrected chi connectivity index (χ1v) is 10.5. The van der Waals surface area contributed by atoms with Gasteiger partial charge in [0.25, 0.3) is 5.91 Å². The Bertz CT molecular complexity index is 820. The van der Waals surface area contributed by atoms with Crippen LogP contribution in [0.15, 0.2) is 42.6 Å². The standard InChI is InChI=1S/C21H23Cl2N3O3/c22-14-2-4-15(5-3-14)28-9-1-8-26-11-17-18(12-26)21(17)25-20(27)13-29-16-6-7-19(23)24-10-16/h2-7,10,17-18,21H,1,8-9,11-13H2,(H,25,27)/t17-,18?,21?/m1/s1. The number of halogens is 2. The molecule has 29 heavy (non-hydrogen) atoms. The van der Waals surface area contributed by atoms with Gasteiger partial charge in [0.15, 0.2) is 6.61 Å². The van der Waals surface area contributed by atoms with Gasteiger partial charge in [-0.15, -0.1) is 0 Å². The fourth-order valence-electron chi connectivity index (χ4n) is 3.84. The van der Waals surface area contributed by atoms with Gasteiger partial charge in [0.05, 0.1) is 12.8 Å². The molecule has 1 aliphatic heterocycles. The number of carbonyl (C=O) groups excluding carboxylic acids is 1. The van der Waals surface area contributed by atoms with E-state index in [4.69, 9.17) is 32.7 Å². The number of nitrogens with zero attached hydrogens (tertiary/aromatic N) is 2. The second kappa shape index (κ2) is 9.20. The van der Waals surface area contributed by atoms with E-state index in [1.165, 1.54) is 6.20 Å². The van der Waals surface area contributed by atoms with Gasteiger partial charge < -0.3 is 19.7 Å². The van der Waals surface area contributed by atoms with Crippen molar-refractivity contribution in [3.8, 4) is 11.5 Å². The number of hydrogen-bond acceptors (Lipinski definition) is 5. The molecule has 1 amide bonds. The van der Waals surface area contributed by atoms with Crippen LogP contribution in [0, 0.1) is 11.8 Å². The van der Waals surface area contributed by atoms with Crippen LogP contribution in [0.4, 0.5) is 0 Å². The van der Waals surface area contributed by atoms with E-state index in [-0.39, 0.29) is 18.6 Å². The number of hydrogen-bond donors (Lipinski definition) is 1. The minimum absolute atomic E-state index is 0.00893. The van der Waals surface area contributed by atoms with Crippen LogP contribution in [0.5, 0.6) is 11.5 Å². The molecule has 2 unspecified atom stereocenters. The fraction of sp³-hybridized carbons (Fsp3) is 0.429. The second-order valence-corrected chi connectivity index (χ2v) is 8.27. The summed E-state index contributed by atoms with van der Waals surface area (Å²) < 4.78 is 11.2. The predicted molar refractivity (Wildman–Crippen MR) is 112 cm³/mol. The molecule has 154 valence electrons. The molecule has 1 aromatic carbocycles. The van der Waals surface area contributed by atoms with E-state index in [2.05, 4.69) is 15.2 Å². The number of amides is 1. The van der Waals surface area contributed by atoms with E-state index in [0.29, 0.717) is 34.4 Å². The van der Waals surface area contributed by atoms with Gasteiger partial charge in [0.2, 0.25) is 0 Å². The smallest absolute Gasteiger partial charge is 0.258 e. The Morgan fingerprint density at radius 1 is 1.07 bits per heavy atom. The van der Waals surface area contributed by atoms with E-state index in [0.717, 1.165) is 31.8 Å². The van der Waals surface area contributed by atoms with Crippen molar-refractivity contribution in [2.45, 2.75) is 12.5 Å². The molecule has 6 nitrogen and oxygen atoms in total. The van der Waals surface area contributed by atoms with Crippen LogP contribution in [-0.4, -0.2) is 54.7 Å². The van der Waals surface area contributed by atoms with Crippen molar-refractivity contribution >= 4 is 29.1 Å². The number of fused-ring (bicyclic) bond motifs is 1. The third-order valence-corrected chi connectivity index (χ3v) is 5.84. The lowest BCUT2D eigenvalue weighted by molar-refractivity contribution is -0.123. The summed E-state index contributed by atoms with van der Waals surface area (Å²) in [5.41, 5.74) is 0. The molecule has 3 atom stereocenters. The number of carbonyl (C=O) groups is 1. The largest absolute Gasteiger partial charge is 0.494 e. The Kier molecular flexibility index (Phi) is 6.43. The van der Waals surface area contributed by atoms with Crippen LogP contribution in [0.1, 0.15) is 6.42 Å². The van der Waals surface area contributed by atoms with Crippen LogP contribution in [0.3, 0.4) is 0 Å².